The molecule has 7 heteroatoms. The van der Waals surface area contributed by atoms with Gasteiger partial charge in [-0.2, -0.15) is 0 Å². The van der Waals surface area contributed by atoms with Crippen LogP contribution in [0.2, 0.25) is 0 Å². The van der Waals surface area contributed by atoms with E-state index < -0.39 is 0 Å². The number of hydrogen-bond donors (Lipinski definition) is 3. The molecule has 0 radical (unpaired) electrons. The molecule has 1 saturated heterocycles. The van der Waals surface area contributed by atoms with E-state index in [0.29, 0.717) is 49.3 Å². The van der Waals surface area contributed by atoms with E-state index in [-0.39, 0.29) is 23.6 Å². The molecule has 3 N–H and O–H groups in total. The molecule has 5 rings (SSSR count). The number of aromatic nitrogens is 2. The van der Waals surface area contributed by atoms with Gasteiger partial charge in [-0.25, -0.2) is 4.98 Å². The number of H-pyrrole nitrogens is 1. The topological polar surface area (TPSA) is 96.1 Å². The smallest absolute Gasteiger partial charge is 0.269 e. The quantitative estimate of drug-likeness (QED) is 0.587. The molecule has 0 bridgehead atoms. The Labute approximate surface area is 174 Å². The van der Waals surface area contributed by atoms with Crippen molar-refractivity contribution < 1.29 is 14.3 Å². The van der Waals surface area contributed by atoms with Crippen molar-refractivity contribution in [1.29, 1.82) is 0 Å². The number of hydrogen-bond acceptors (Lipinski definition) is 4. The number of carbonyl (C=O) groups is 2. The fourth-order valence-electron chi connectivity index (χ4n) is 4.37. The number of fused-ring (bicyclic) bond motifs is 2. The van der Waals surface area contributed by atoms with Gasteiger partial charge in [-0.05, 0) is 36.8 Å². The summed E-state index contributed by atoms with van der Waals surface area (Å²) in [5.41, 5.74) is 3.56. The predicted molar refractivity (Wildman–Crippen MR) is 112 cm³/mol. The molecule has 2 aliphatic rings. The van der Waals surface area contributed by atoms with E-state index in [1.807, 2.05) is 37.4 Å². The minimum atomic E-state index is -0.273. The van der Waals surface area contributed by atoms with Crippen LogP contribution in [0.25, 0.3) is 10.9 Å². The highest BCUT2D eigenvalue weighted by molar-refractivity contribution is 5.99. The molecule has 3 aromatic rings. The Hall–Kier alpha value is -3.19. The van der Waals surface area contributed by atoms with Crippen molar-refractivity contribution >= 4 is 22.7 Å². The Bertz CT molecular complexity index is 1110. The van der Waals surface area contributed by atoms with E-state index in [9.17, 15) is 9.59 Å². The van der Waals surface area contributed by atoms with Crippen molar-refractivity contribution in [2.24, 2.45) is 11.8 Å². The molecule has 3 atom stereocenters. The fraction of sp³-hybridized carbons (Fsp3) is 0.348. The van der Waals surface area contributed by atoms with Crippen molar-refractivity contribution in [1.82, 2.24) is 20.6 Å². The average Bonchev–Trinajstić information content (AvgIpc) is 3.13. The molecule has 1 aliphatic carbocycles. The summed E-state index contributed by atoms with van der Waals surface area (Å²) in [6, 6.07) is 11.6. The van der Waals surface area contributed by atoms with Gasteiger partial charge in [-0.3, -0.25) is 9.59 Å². The highest BCUT2D eigenvalue weighted by Crippen LogP contribution is 2.44. The summed E-state index contributed by atoms with van der Waals surface area (Å²) in [6.07, 6.45) is 2.44. The number of amides is 2. The summed E-state index contributed by atoms with van der Waals surface area (Å²) in [5, 5.41) is 6.99. The van der Waals surface area contributed by atoms with Crippen LogP contribution in [-0.2, 0) is 11.2 Å². The molecule has 154 valence electrons. The van der Waals surface area contributed by atoms with Gasteiger partial charge in [0.25, 0.3) is 11.8 Å². The van der Waals surface area contributed by atoms with E-state index >= 15 is 0 Å². The SMILES string of the molecule is CCNC(=O)c1cc(C(=O)N[C@H]2[C@@H]3COC[C@@H]32)cc(Cc2cccc3[nH]ccc23)n1. The van der Waals surface area contributed by atoms with Crippen molar-refractivity contribution in [3.8, 4) is 0 Å². The van der Waals surface area contributed by atoms with Gasteiger partial charge in [0.1, 0.15) is 5.69 Å². The summed E-state index contributed by atoms with van der Waals surface area (Å²) in [4.78, 5) is 33.1. The van der Waals surface area contributed by atoms with Gasteiger partial charge < -0.3 is 20.4 Å². The zero-order valence-corrected chi connectivity index (χ0v) is 16.8. The van der Waals surface area contributed by atoms with Crippen LogP contribution in [0, 0.1) is 11.8 Å². The van der Waals surface area contributed by atoms with E-state index in [0.717, 1.165) is 16.5 Å². The molecule has 30 heavy (non-hydrogen) atoms. The first-order valence-corrected chi connectivity index (χ1v) is 10.4. The Morgan fingerprint density at radius 3 is 2.80 bits per heavy atom. The second-order valence-corrected chi connectivity index (χ2v) is 7.99. The third-order valence-corrected chi connectivity index (χ3v) is 6.02. The Morgan fingerprint density at radius 2 is 2.00 bits per heavy atom. The predicted octanol–water partition coefficient (Wildman–Crippen LogP) is 2.28. The van der Waals surface area contributed by atoms with Crippen LogP contribution < -0.4 is 10.6 Å². The first kappa shape index (κ1) is 18.8. The Morgan fingerprint density at radius 1 is 1.17 bits per heavy atom. The molecule has 0 unspecified atom stereocenters. The van der Waals surface area contributed by atoms with Crippen molar-refractivity contribution in [3.63, 3.8) is 0 Å². The van der Waals surface area contributed by atoms with Crippen molar-refractivity contribution in [3.05, 3.63) is 65.1 Å². The molecule has 2 fully saturated rings. The number of carbonyl (C=O) groups excluding carboxylic acids is 2. The largest absolute Gasteiger partial charge is 0.381 e. The maximum Gasteiger partial charge on any atom is 0.269 e. The average molecular weight is 404 g/mol. The monoisotopic (exact) mass is 404 g/mol. The molecule has 1 aliphatic heterocycles. The normalized spacial score (nSPS) is 22.0. The Kier molecular flexibility index (Phi) is 4.75. The molecular weight excluding hydrogens is 380 g/mol. The van der Waals surface area contributed by atoms with E-state index in [2.05, 4.69) is 20.6 Å². The van der Waals surface area contributed by atoms with Crippen LogP contribution in [-0.4, -0.2) is 47.6 Å². The number of nitrogens with one attached hydrogen (secondary N) is 3. The number of nitrogens with zero attached hydrogens (tertiary/aromatic N) is 1. The summed E-state index contributed by atoms with van der Waals surface area (Å²) < 4.78 is 5.40. The minimum absolute atomic E-state index is 0.163. The van der Waals surface area contributed by atoms with Crippen molar-refractivity contribution in [2.75, 3.05) is 19.8 Å². The molecule has 7 nitrogen and oxygen atoms in total. The fourth-order valence-corrected chi connectivity index (χ4v) is 4.37. The van der Waals surface area contributed by atoms with Crippen LogP contribution >= 0.6 is 0 Å². The van der Waals surface area contributed by atoms with Crippen LogP contribution in [0.1, 0.15) is 39.0 Å². The van der Waals surface area contributed by atoms with E-state index in [1.165, 1.54) is 0 Å². The van der Waals surface area contributed by atoms with Gasteiger partial charge in [0.2, 0.25) is 0 Å². The third kappa shape index (κ3) is 3.45. The zero-order valence-electron chi connectivity index (χ0n) is 16.8. The molecule has 2 aromatic heterocycles. The van der Waals surface area contributed by atoms with Crippen LogP contribution in [0.3, 0.4) is 0 Å². The van der Waals surface area contributed by atoms with Gasteiger partial charge in [0.05, 0.1) is 13.2 Å². The molecule has 2 amide bonds. The van der Waals surface area contributed by atoms with Crippen LogP contribution in [0.4, 0.5) is 0 Å². The lowest BCUT2D eigenvalue weighted by Gasteiger charge is -2.11. The molecular formula is C23H24N4O3. The summed E-state index contributed by atoms with van der Waals surface area (Å²) in [5.74, 6) is 0.405. The van der Waals surface area contributed by atoms with E-state index in [1.54, 1.807) is 12.1 Å². The number of rotatable bonds is 6. The highest BCUT2D eigenvalue weighted by atomic mass is 16.5. The number of benzene rings is 1. The lowest BCUT2D eigenvalue weighted by molar-refractivity contribution is 0.0928. The minimum Gasteiger partial charge on any atom is -0.381 e. The standard InChI is InChI=1S/C23H24N4O3/c1-2-24-23(29)20-10-14(22(28)27-21-17-11-30-12-18(17)21)9-15(26-20)8-13-4-3-5-19-16(13)6-7-25-19/h3-7,9-10,17-18,21,25H,2,8,11-12H2,1H3,(H,24,29)(H,27,28)/t17-,18+,21+. The second-order valence-electron chi connectivity index (χ2n) is 7.99. The zero-order chi connectivity index (χ0) is 20.7. The van der Waals surface area contributed by atoms with Gasteiger partial charge in [-0.1, -0.05) is 12.1 Å². The van der Waals surface area contributed by atoms with Gasteiger partial charge >= 0.3 is 0 Å². The van der Waals surface area contributed by atoms with Crippen molar-refractivity contribution in [2.45, 2.75) is 19.4 Å². The lowest BCUT2D eigenvalue weighted by atomic mass is 10.0. The molecule has 1 aromatic carbocycles. The number of aromatic amines is 1. The third-order valence-electron chi connectivity index (χ3n) is 6.02. The first-order chi connectivity index (χ1) is 14.6. The van der Waals surface area contributed by atoms with Gasteiger partial charge in [0.15, 0.2) is 0 Å². The Balaban J connectivity index is 1.44. The molecule has 1 saturated carbocycles. The van der Waals surface area contributed by atoms with Gasteiger partial charge in [0, 0.05) is 59.2 Å². The number of ether oxygens (including phenoxy) is 1. The molecule has 3 heterocycles. The summed E-state index contributed by atoms with van der Waals surface area (Å²) in [6.45, 7) is 3.78. The first-order valence-electron chi connectivity index (χ1n) is 10.4. The maximum atomic E-state index is 12.9. The number of pyridine rings is 1. The van der Waals surface area contributed by atoms with Gasteiger partial charge in [-0.15, -0.1) is 0 Å². The summed E-state index contributed by atoms with van der Waals surface area (Å²) >= 11 is 0. The summed E-state index contributed by atoms with van der Waals surface area (Å²) in [7, 11) is 0. The van der Waals surface area contributed by atoms with E-state index in [4.69, 9.17) is 4.74 Å². The highest BCUT2D eigenvalue weighted by Gasteiger charge is 2.54. The van der Waals surface area contributed by atoms with Crippen LogP contribution in [0.5, 0.6) is 0 Å². The lowest BCUT2D eigenvalue weighted by Crippen LogP contribution is -2.31. The van der Waals surface area contributed by atoms with Crippen LogP contribution in [0.15, 0.2) is 42.6 Å². The maximum absolute atomic E-state index is 12.9. The second kappa shape index (κ2) is 7.57. The molecule has 0 spiro atoms.